The second-order valence-corrected chi connectivity index (χ2v) is 7.49. The predicted molar refractivity (Wildman–Crippen MR) is 112 cm³/mol. The Kier molecular flexibility index (Phi) is 10.6. The minimum atomic E-state index is -0.704. The van der Waals surface area contributed by atoms with Gasteiger partial charge >= 0.3 is 5.97 Å². The number of ether oxygens (including phenoxy) is 3. The zero-order valence-electron chi connectivity index (χ0n) is 17.9. The summed E-state index contributed by atoms with van der Waals surface area (Å²) in [6, 6.07) is 7.49. The van der Waals surface area contributed by atoms with Gasteiger partial charge in [-0.2, -0.15) is 0 Å². The van der Waals surface area contributed by atoms with Gasteiger partial charge in [-0.05, 0) is 38.3 Å². The van der Waals surface area contributed by atoms with Crippen molar-refractivity contribution in [3.05, 3.63) is 29.8 Å². The van der Waals surface area contributed by atoms with Crippen LogP contribution in [0, 0.1) is 5.92 Å². The van der Waals surface area contributed by atoms with E-state index in [0.29, 0.717) is 45.1 Å². The van der Waals surface area contributed by atoms with Gasteiger partial charge in [0.15, 0.2) is 0 Å². The van der Waals surface area contributed by atoms with Gasteiger partial charge < -0.3 is 30.0 Å². The van der Waals surface area contributed by atoms with Gasteiger partial charge in [-0.1, -0.05) is 18.2 Å². The third kappa shape index (κ3) is 8.69. The van der Waals surface area contributed by atoms with Crippen LogP contribution in [-0.2, 0) is 25.5 Å². The smallest absolute Gasteiger partial charge is 0.306 e. The molecule has 3 N–H and O–H groups in total. The molecule has 0 aliphatic carbocycles. The van der Waals surface area contributed by atoms with Crippen molar-refractivity contribution in [1.82, 2.24) is 10.6 Å². The maximum atomic E-state index is 12.0. The number of esters is 1. The van der Waals surface area contributed by atoms with E-state index in [1.165, 1.54) is 0 Å². The highest BCUT2D eigenvalue weighted by molar-refractivity contribution is 5.79. The average molecular weight is 423 g/mol. The van der Waals surface area contributed by atoms with Crippen molar-refractivity contribution in [2.24, 2.45) is 5.92 Å². The highest BCUT2D eigenvalue weighted by Gasteiger charge is 2.23. The van der Waals surface area contributed by atoms with Gasteiger partial charge in [0, 0.05) is 32.2 Å². The number of hydrogen-bond donors (Lipinski definition) is 3. The maximum absolute atomic E-state index is 12.0. The van der Waals surface area contributed by atoms with Crippen molar-refractivity contribution >= 4 is 11.9 Å². The van der Waals surface area contributed by atoms with Crippen molar-refractivity contribution in [2.75, 3.05) is 39.5 Å². The van der Waals surface area contributed by atoms with Crippen molar-refractivity contribution in [3.63, 3.8) is 0 Å². The Hall–Kier alpha value is -2.16. The highest BCUT2D eigenvalue weighted by atomic mass is 16.5. The first-order valence-electron chi connectivity index (χ1n) is 10.6. The van der Waals surface area contributed by atoms with Crippen molar-refractivity contribution < 1.29 is 28.9 Å². The third-order valence-corrected chi connectivity index (χ3v) is 4.89. The minimum Gasteiger partial charge on any atom is -0.491 e. The molecule has 0 aromatic heterocycles. The summed E-state index contributed by atoms with van der Waals surface area (Å²) >= 11 is 0. The molecular weight excluding hydrogens is 388 g/mol. The molecule has 1 amide bonds. The largest absolute Gasteiger partial charge is 0.491 e. The number of rotatable bonds is 13. The molecule has 3 unspecified atom stereocenters. The van der Waals surface area contributed by atoms with E-state index in [4.69, 9.17) is 14.2 Å². The SMILES string of the molecule is CCOC(=O)CCc1ccccc1OCC(O)CNC(C)CNC(=O)C1CCOC1. The van der Waals surface area contributed by atoms with E-state index in [1.54, 1.807) is 6.92 Å². The number of para-hydroxylation sites is 1. The van der Waals surface area contributed by atoms with Crippen LogP contribution in [0.5, 0.6) is 5.75 Å². The van der Waals surface area contributed by atoms with Gasteiger partial charge in [-0.3, -0.25) is 9.59 Å². The molecule has 1 fully saturated rings. The molecule has 0 radical (unpaired) electrons. The Bertz CT molecular complexity index is 663. The van der Waals surface area contributed by atoms with E-state index in [9.17, 15) is 14.7 Å². The average Bonchev–Trinajstić information content (AvgIpc) is 3.29. The fraction of sp³-hybridized carbons (Fsp3) is 0.636. The van der Waals surface area contributed by atoms with E-state index < -0.39 is 6.10 Å². The molecule has 1 aromatic rings. The lowest BCUT2D eigenvalue weighted by Gasteiger charge is -2.19. The summed E-state index contributed by atoms with van der Waals surface area (Å²) in [7, 11) is 0. The van der Waals surface area contributed by atoms with Gasteiger partial charge in [-0.25, -0.2) is 0 Å². The number of hydrogen-bond acceptors (Lipinski definition) is 7. The number of aryl methyl sites for hydroxylation is 1. The Morgan fingerprint density at radius 2 is 2.10 bits per heavy atom. The van der Waals surface area contributed by atoms with E-state index in [-0.39, 0.29) is 36.9 Å². The van der Waals surface area contributed by atoms with Crippen LogP contribution in [0.1, 0.15) is 32.3 Å². The lowest BCUT2D eigenvalue weighted by atomic mass is 10.1. The number of carbonyl (C=O) groups is 2. The van der Waals surface area contributed by atoms with Gasteiger partial charge in [0.1, 0.15) is 18.5 Å². The van der Waals surface area contributed by atoms with E-state index in [0.717, 1.165) is 12.0 Å². The molecule has 0 bridgehead atoms. The van der Waals surface area contributed by atoms with Crippen LogP contribution in [-0.4, -0.2) is 68.6 Å². The monoisotopic (exact) mass is 422 g/mol. The molecule has 1 aromatic carbocycles. The van der Waals surface area contributed by atoms with E-state index in [1.807, 2.05) is 31.2 Å². The molecule has 0 spiro atoms. The van der Waals surface area contributed by atoms with Gasteiger partial charge in [-0.15, -0.1) is 0 Å². The molecule has 1 aliphatic rings. The lowest BCUT2D eigenvalue weighted by Crippen LogP contribution is -2.44. The summed E-state index contributed by atoms with van der Waals surface area (Å²) in [6.07, 6.45) is 0.871. The highest BCUT2D eigenvalue weighted by Crippen LogP contribution is 2.20. The summed E-state index contributed by atoms with van der Waals surface area (Å²) in [4.78, 5) is 23.6. The second kappa shape index (κ2) is 13.2. The van der Waals surface area contributed by atoms with Crippen LogP contribution in [0.25, 0.3) is 0 Å². The number of aliphatic hydroxyl groups excluding tert-OH is 1. The predicted octanol–water partition coefficient (Wildman–Crippen LogP) is 1.05. The molecule has 8 nitrogen and oxygen atoms in total. The molecule has 168 valence electrons. The summed E-state index contributed by atoms with van der Waals surface area (Å²) in [5.74, 6) is 0.377. The molecular formula is C22H34N2O6. The van der Waals surface area contributed by atoms with Crippen LogP contribution in [0.4, 0.5) is 0 Å². The first-order valence-corrected chi connectivity index (χ1v) is 10.6. The number of amides is 1. The summed E-state index contributed by atoms with van der Waals surface area (Å²) in [5.41, 5.74) is 0.901. The quantitative estimate of drug-likeness (QED) is 0.408. The fourth-order valence-corrected chi connectivity index (χ4v) is 3.11. The standard InChI is InChI=1S/C22H34N2O6/c1-3-29-21(26)9-8-17-6-4-5-7-20(17)30-15-19(25)13-23-16(2)12-24-22(27)18-10-11-28-14-18/h4-7,16,18-19,23,25H,3,8-15H2,1-2H3,(H,24,27). The normalized spacial score (nSPS) is 17.9. The number of benzene rings is 1. The van der Waals surface area contributed by atoms with Crippen molar-refractivity contribution in [3.8, 4) is 5.75 Å². The topological polar surface area (TPSA) is 106 Å². The molecule has 1 saturated heterocycles. The molecule has 30 heavy (non-hydrogen) atoms. The molecule has 3 atom stereocenters. The Morgan fingerprint density at radius 3 is 2.83 bits per heavy atom. The van der Waals surface area contributed by atoms with E-state index in [2.05, 4.69) is 10.6 Å². The Balaban J connectivity index is 1.67. The van der Waals surface area contributed by atoms with E-state index >= 15 is 0 Å². The summed E-state index contributed by atoms with van der Waals surface area (Å²) in [5, 5.41) is 16.3. The van der Waals surface area contributed by atoms with Gasteiger partial charge in [0.2, 0.25) is 5.91 Å². The molecule has 1 heterocycles. The van der Waals surface area contributed by atoms with Crippen LogP contribution in [0.2, 0.25) is 0 Å². The first kappa shape index (κ1) is 24.1. The summed E-state index contributed by atoms with van der Waals surface area (Å²) in [6.45, 7) is 6.19. The zero-order chi connectivity index (χ0) is 21.8. The van der Waals surface area contributed by atoms with Crippen molar-refractivity contribution in [1.29, 1.82) is 0 Å². The number of nitrogens with one attached hydrogen (secondary N) is 2. The third-order valence-electron chi connectivity index (χ3n) is 4.89. The zero-order valence-corrected chi connectivity index (χ0v) is 17.9. The Morgan fingerprint density at radius 1 is 1.30 bits per heavy atom. The van der Waals surface area contributed by atoms with Crippen LogP contribution >= 0.6 is 0 Å². The lowest BCUT2D eigenvalue weighted by molar-refractivity contribution is -0.143. The van der Waals surface area contributed by atoms with Crippen LogP contribution < -0.4 is 15.4 Å². The number of carbonyl (C=O) groups excluding carboxylic acids is 2. The van der Waals surface area contributed by atoms with Crippen LogP contribution in [0.3, 0.4) is 0 Å². The molecule has 8 heteroatoms. The summed E-state index contributed by atoms with van der Waals surface area (Å²) < 4.78 is 15.9. The minimum absolute atomic E-state index is 0.0165. The first-order chi connectivity index (χ1) is 14.5. The number of aliphatic hydroxyl groups is 1. The van der Waals surface area contributed by atoms with Gasteiger partial charge in [0.25, 0.3) is 0 Å². The molecule has 0 saturated carbocycles. The Labute approximate surface area is 178 Å². The maximum Gasteiger partial charge on any atom is 0.306 e. The van der Waals surface area contributed by atoms with Crippen LogP contribution in [0.15, 0.2) is 24.3 Å². The fourth-order valence-electron chi connectivity index (χ4n) is 3.11. The van der Waals surface area contributed by atoms with Gasteiger partial charge in [0.05, 0.1) is 19.1 Å². The second-order valence-electron chi connectivity index (χ2n) is 7.49. The molecule has 1 aliphatic heterocycles. The molecule has 2 rings (SSSR count). The van der Waals surface area contributed by atoms with Crippen molar-refractivity contribution in [2.45, 2.75) is 45.3 Å².